The third-order valence-corrected chi connectivity index (χ3v) is 4.32. The van der Waals surface area contributed by atoms with E-state index >= 15 is 0 Å². The van der Waals surface area contributed by atoms with Gasteiger partial charge in [0, 0.05) is 25.2 Å². The molecular formula is C16H16F6N6O2. The number of carbonyl (C=O) groups excluding carboxylic acids is 1. The van der Waals surface area contributed by atoms with Crippen molar-refractivity contribution >= 4 is 6.03 Å². The minimum atomic E-state index is -4.65. The van der Waals surface area contributed by atoms with Gasteiger partial charge in [-0.2, -0.15) is 13.2 Å². The van der Waals surface area contributed by atoms with E-state index < -0.39 is 41.5 Å². The molecule has 1 aliphatic heterocycles. The maximum atomic E-state index is 13.6. The van der Waals surface area contributed by atoms with Crippen molar-refractivity contribution in [2.45, 2.75) is 31.7 Å². The summed E-state index contributed by atoms with van der Waals surface area (Å²) in [5.41, 5.74) is 7.64. The molecule has 164 valence electrons. The van der Waals surface area contributed by atoms with Crippen molar-refractivity contribution in [3.8, 4) is 0 Å². The first-order chi connectivity index (χ1) is 14.1. The van der Waals surface area contributed by atoms with E-state index in [0.717, 1.165) is 9.47 Å². The Morgan fingerprint density at radius 2 is 1.87 bits per heavy atom. The Morgan fingerprint density at radius 1 is 1.17 bits per heavy atom. The normalized spacial score (nSPS) is 15.1. The van der Waals surface area contributed by atoms with E-state index in [9.17, 15) is 31.1 Å². The van der Waals surface area contributed by atoms with Crippen LogP contribution in [0.4, 0.5) is 31.1 Å². The summed E-state index contributed by atoms with van der Waals surface area (Å²) < 4.78 is 79.1. The Bertz CT molecular complexity index is 934. The number of nitrogens with zero attached hydrogens (tertiary/aromatic N) is 4. The monoisotopic (exact) mass is 438 g/mol. The van der Waals surface area contributed by atoms with Gasteiger partial charge >= 0.3 is 12.2 Å². The van der Waals surface area contributed by atoms with Gasteiger partial charge in [-0.3, -0.25) is 4.84 Å². The predicted octanol–water partition coefficient (Wildman–Crippen LogP) is 1.74. The van der Waals surface area contributed by atoms with Gasteiger partial charge in [0.1, 0.15) is 5.82 Å². The van der Waals surface area contributed by atoms with Gasteiger partial charge in [0.05, 0.1) is 13.2 Å². The summed E-state index contributed by atoms with van der Waals surface area (Å²) in [6.07, 6.45) is -4.84. The van der Waals surface area contributed by atoms with Crippen LogP contribution in [-0.4, -0.2) is 44.9 Å². The molecule has 1 atom stereocenters. The Labute approximate surface area is 165 Å². The summed E-state index contributed by atoms with van der Waals surface area (Å²) in [6.45, 7) is -0.703. The quantitative estimate of drug-likeness (QED) is 0.421. The van der Waals surface area contributed by atoms with E-state index in [4.69, 9.17) is 10.6 Å². The first-order valence-corrected chi connectivity index (χ1v) is 8.61. The smallest absolute Gasteiger partial charge is 0.325 e. The third kappa shape index (κ3) is 4.81. The third-order valence-electron chi connectivity index (χ3n) is 4.32. The van der Waals surface area contributed by atoms with Crippen LogP contribution in [0.2, 0.25) is 0 Å². The first-order valence-electron chi connectivity index (χ1n) is 8.61. The molecule has 30 heavy (non-hydrogen) atoms. The van der Waals surface area contributed by atoms with Crippen molar-refractivity contribution in [1.29, 1.82) is 0 Å². The SMILES string of the molecule is N[C@@H](CONC(=O)N1CCn2c(nnc2C(F)(F)F)C1)Cc1cc(F)c(F)cc1F. The molecule has 0 unspecified atom stereocenters. The van der Waals surface area contributed by atoms with Crippen molar-refractivity contribution in [2.24, 2.45) is 5.73 Å². The Morgan fingerprint density at radius 3 is 2.57 bits per heavy atom. The van der Waals surface area contributed by atoms with Crippen LogP contribution in [0.3, 0.4) is 0 Å². The minimum absolute atomic E-state index is 0.0331. The maximum Gasteiger partial charge on any atom is 0.451 e. The molecule has 0 aliphatic carbocycles. The lowest BCUT2D eigenvalue weighted by Crippen LogP contribution is -2.45. The number of rotatable bonds is 5. The number of carbonyl (C=O) groups is 1. The molecule has 8 nitrogen and oxygen atoms in total. The number of hydrogen-bond donors (Lipinski definition) is 2. The fourth-order valence-corrected chi connectivity index (χ4v) is 2.88. The lowest BCUT2D eigenvalue weighted by atomic mass is 10.1. The van der Waals surface area contributed by atoms with Gasteiger partial charge < -0.3 is 15.2 Å². The lowest BCUT2D eigenvalue weighted by molar-refractivity contribution is -0.147. The fourth-order valence-electron chi connectivity index (χ4n) is 2.88. The number of benzene rings is 1. The number of fused-ring (bicyclic) bond motifs is 1. The second-order valence-corrected chi connectivity index (χ2v) is 6.55. The Kier molecular flexibility index (Phi) is 6.17. The highest BCUT2D eigenvalue weighted by Gasteiger charge is 2.39. The van der Waals surface area contributed by atoms with E-state index in [-0.39, 0.29) is 44.0 Å². The van der Waals surface area contributed by atoms with Crippen molar-refractivity contribution in [2.75, 3.05) is 13.2 Å². The standard InChI is InChI=1S/C16H16F6N6O2/c17-10-5-12(19)11(18)4-8(10)3-9(23)7-30-26-15(29)27-1-2-28-13(6-27)24-25-14(28)16(20,21)22/h4-5,9H,1-3,6-7,23H2,(H,26,29)/t9-/m1/s1. The topological polar surface area (TPSA) is 98.3 Å². The van der Waals surface area contributed by atoms with Gasteiger partial charge in [-0.25, -0.2) is 23.4 Å². The largest absolute Gasteiger partial charge is 0.451 e. The number of amides is 2. The van der Waals surface area contributed by atoms with Gasteiger partial charge in [0.15, 0.2) is 17.5 Å². The number of alkyl halides is 3. The zero-order chi connectivity index (χ0) is 22.1. The number of halogens is 6. The molecule has 0 bridgehead atoms. The summed E-state index contributed by atoms with van der Waals surface area (Å²) in [4.78, 5) is 18.2. The first kappa shape index (κ1) is 21.8. The van der Waals surface area contributed by atoms with Crippen molar-refractivity contribution in [1.82, 2.24) is 25.1 Å². The zero-order valence-corrected chi connectivity index (χ0v) is 15.2. The molecule has 0 radical (unpaired) electrons. The molecule has 1 aromatic carbocycles. The molecular weight excluding hydrogens is 422 g/mol. The zero-order valence-electron chi connectivity index (χ0n) is 15.2. The number of urea groups is 1. The summed E-state index contributed by atoms with van der Waals surface area (Å²) in [5, 5.41) is 6.56. The maximum absolute atomic E-state index is 13.6. The van der Waals surface area contributed by atoms with E-state index in [0.29, 0.717) is 12.1 Å². The Balaban J connectivity index is 1.48. The Hall–Kier alpha value is -2.87. The highest BCUT2D eigenvalue weighted by atomic mass is 19.4. The lowest BCUT2D eigenvalue weighted by Gasteiger charge is -2.28. The van der Waals surface area contributed by atoms with Crippen molar-refractivity contribution in [3.63, 3.8) is 0 Å². The second-order valence-electron chi connectivity index (χ2n) is 6.55. The van der Waals surface area contributed by atoms with Crippen LogP contribution >= 0.6 is 0 Å². The molecule has 14 heteroatoms. The van der Waals surface area contributed by atoms with E-state index in [1.165, 1.54) is 0 Å². The van der Waals surface area contributed by atoms with E-state index in [1.807, 2.05) is 0 Å². The summed E-state index contributed by atoms with van der Waals surface area (Å²) in [5.74, 6) is -4.69. The number of hydrogen-bond acceptors (Lipinski definition) is 5. The van der Waals surface area contributed by atoms with Gasteiger partial charge in [-0.05, 0) is 18.1 Å². The van der Waals surface area contributed by atoms with Gasteiger partial charge in [-0.15, -0.1) is 10.2 Å². The minimum Gasteiger partial charge on any atom is -0.325 e. The summed E-state index contributed by atoms with van der Waals surface area (Å²) in [7, 11) is 0. The van der Waals surface area contributed by atoms with Crippen LogP contribution in [0.1, 0.15) is 17.2 Å². The summed E-state index contributed by atoms with van der Waals surface area (Å²) in [6, 6.07) is -0.519. The molecule has 3 rings (SSSR count). The molecule has 3 N–H and O–H groups in total. The van der Waals surface area contributed by atoms with Gasteiger partial charge in [0.25, 0.3) is 0 Å². The average molecular weight is 438 g/mol. The number of nitrogens with one attached hydrogen (secondary N) is 1. The molecule has 0 fully saturated rings. The van der Waals surface area contributed by atoms with E-state index in [2.05, 4.69) is 15.7 Å². The molecule has 0 saturated carbocycles. The molecule has 2 heterocycles. The molecule has 0 saturated heterocycles. The van der Waals surface area contributed by atoms with Crippen LogP contribution in [0.5, 0.6) is 0 Å². The molecule has 1 aliphatic rings. The predicted molar refractivity (Wildman–Crippen MR) is 87.9 cm³/mol. The van der Waals surface area contributed by atoms with Crippen LogP contribution in [0, 0.1) is 17.5 Å². The number of nitrogens with two attached hydrogens (primary N) is 1. The molecule has 2 amide bonds. The van der Waals surface area contributed by atoms with Crippen LogP contribution in [-0.2, 0) is 30.5 Å². The van der Waals surface area contributed by atoms with Crippen molar-refractivity contribution in [3.05, 3.63) is 46.8 Å². The van der Waals surface area contributed by atoms with E-state index in [1.54, 1.807) is 0 Å². The number of hydroxylamine groups is 1. The average Bonchev–Trinajstić information content (AvgIpc) is 3.09. The second kappa shape index (κ2) is 8.47. The molecule has 0 spiro atoms. The highest BCUT2D eigenvalue weighted by Crippen LogP contribution is 2.29. The van der Waals surface area contributed by atoms with Crippen molar-refractivity contribution < 1.29 is 36.0 Å². The summed E-state index contributed by atoms with van der Waals surface area (Å²) >= 11 is 0. The van der Waals surface area contributed by atoms with Gasteiger partial charge in [-0.1, -0.05) is 0 Å². The van der Waals surface area contributed by atoms with Crippen LogP contribution in [0.15, 0.2) is 12.1 Å². The highest BCUT2D eigenvalue weighted by molar-refractivity contribution is 5.73. The number of aromatic nitrogens is 3. The molecule has 2 aromatic rings. The fraction of sp³-hybridized carbons (Fsp3) is 0.438. The molecule has 1 aromatic heterocycles. The van der Waals surface area contributed by atoms with Gasteiger partial charge in [0.2, 0.25) is 5.82 Å². The van der Waals surface area contributed by atoms with Crippen LogP contribution in [0.25, 0.3) is 0 Å². The van der Waals surface area contributed by atoms with Crippen LogP contribution < -0.4 is 11.2 Å².